The second kappa shape index (κ2) is 4.57. The first kappa shape index (κ1) is 9.68. The Balaban J connectivity index is 1.94. The predicted molar refractivity (Wildman–Crippen MR) is 52.1 cm³/mol. The number of nitrogens with zero attached hydrogens (tertiary/aromatic N) is 1. The van der Waals surface area contributed by atoms with Gasteiger partial charge in [-0.25, -0.2) is 4.98 Å². The summed E-state index contributed by atoms with van der Waals surface area (Å²) in [7, 11) is 0. The van der Waals surface area contributed by atoms with Crippen molar-refractivity contribution in [2.75, 3.05) is 19.8 Å². The standard InChI is InChI=1S/C10H16N2O2/c11-4-1-2-10-12-9(7-14-10)8-3-5-13-6-8/h7-8H,1-6,11H2. The Labute approximate surface area is 83.4 Å². The van der Waals surface area contributed by atoms with E-state index in [0.717, 1.165) is 44.1 Å². The van der Waals surface area contributed by atoms with Crippen LogP contribution < -0.4 is 5.73 Å². The fourth-order valence-electron chi connectivity index (χ4n) is 1.65. The zero-order valence-corrected chi connectivity index (χ0v) is 8.24. The molecule has 2 N–H and O–H groups in total. The maximum atomic E-state index is 5.42. The van der Waals surface area contributed by atoms with E-state index in [1.165, 1.54) is 0 Å². The molecule has 1 saturated heterocycles. The van der Waals surface area contributed by atoms with Gasteiger partial charge in [-0.15, -0.1) is 0 Å². The van der Waals surface area contributed by atoms with E-state index in [1.807, 2.05) is 0 Å². The van der Waals surface area contributed by atoms with Crippen LogP contribution >= 0.6 is 0 Å². The molecule has 0 amide bonds. The van der Waals surface area contributed by atoms with Crippen LogP contribution in [0.4, 0.5) is 0 Å². The summed E-state index contributed by atoms with van der Waals surface area (Å²) < 4.78 is 10.7. The number of rotatable bonds is 4. The highest BCUT2D eigenvalue weighted by Crippen LogP contribution is 2.24. The van der Waals surface area contributed by atoms with Crippen molar-refractivity contribution >= 4 is 0 Å². The molecule has 2 heterocycles. The third-order valence-corrected chi connectivity index (χ3v) is 2.51. The Hall–Kier alpha value is -0.870. The van der Waals surface area contributed by atoms with Gasteiger partial charge in [0.1, 0.15) is 6.26 Å². The van der Waals surface area contributed by atoms with Gasteiger partial charge >= 0.3 is 0 Å². The Kier molecular flexibility index (Phi) is 3.16. The van der Waals surface area contributed by atoms with Crippen LogP contribution in [0.15, 0.2) is 10.7 Å². The Morgan fingerprint density at radius 2 is 2.50 bits per heavy atom. The molecule has 0 spiro atoms. The van der Waals surface area contributed by atoms with Gasteiger partial charge in [-0.1, -0.05) is 0 Å². The van der Waals surface area contributed by atoms with Gasteiger partial charge in [-0.2, -0.15) is 0 Å². The van der Waals surface area contributed by atoms with Gasteiger partial charge in [0, 0.05) is 18.9 Å². The molecule has 0 saturated carbocycles. The maximum Gasteiger partial charge on any atom is 0.194 e. The number of aryl methyl sites for hydroxylation is 1. The van der Waals surface area contributed by atoms with E-state index in [0.29, 0.717) is 12.5 Å². The molecule has 2 rings (SSSR count). The number of ether oxygens (including phenoxy) is 1. The van der Waals surface area contributed by atoms with Gasteiger partial charge in [0.2, 0.25) is 0 Å². The SMILES string of the molecule is NCCCc1nc(C2CCOC2)co1. The first-order valence-corrected chi connectivity index (χ1v) is 5.12. The van der Waals surface area contributed by atoms with Crippen LogP contribution in [0.3, 0.4) is 0 Å². The summed E-state index contributed by atoms with van der Waals surface area (Å²) in [6.07, 6.45) is 4.58. The van der Waals surface area contributed by atoms with Crippen molar-refractivity contribution in [3.8, 4) is 0 Å². The van der Waals surface area contributed by atoms with Crippen molar-refractivity contribution in [3.63, 3.8) is 0 Å². The molecule has 1 unspecified atom stereocenters. The van der Waals surface area contributed by atoms with Crippen molar-refractivity contribution < 1.29 is 9.15 Å². The molecular formula is C10H16N2O2. The summed E-state index contributed by atoms with van der Waals surface area (Å²) in [4.78, 5) is 4.43. The minimum atomic E-state index is 0.436. The van der Waals surface area contributed by atoms with E-state index >= 15 is 0 Å². The van der Waals surface area contributed by atoms with Crippen LogP contribution in [0, 0.1) is 0 Å². The van der Waals surface area contributed by atoms with Crippen molar-refractivity contribution in [1.29, 1.82) is 0 Å². The normalized spacial score (nSPS) is 21.6. The van der Waals surface area contributed by atoms with E-state index in [4.69, 9.17) is 14.9 Å². The molecule has 1 aliphatic rings. The summed E-state index contributed by atoms with van der Waals surface area (Å²) in [5.41, 5.74) is 6.45. The second-order valence-corrected chi connectivity index (χ2v) is 3.62. The van der Waals surface area contributed by atoms with Gasteiger partial charge in [-0.05, 0) is 19.4 Å². The van der Waals surface area contributed by atoms with Crippen LogP contribution in [0.2, 0.25) is 0 Å². The second-order valence-electron chi connectivity index (χ2n) is 3.62. The molecule has 1 aromatic heterocycles. The molecule has 1 atom stereocenters. The summed E-state index contributed by atoms with van der Waals surface area (Å²) in [5.74, 6) is 1.24. The van der Waals surface area contributed by atoms with E-state index < -0.39 is 0 Å². The first-order valence-electron chi connectivity index (χ1n) is 5.12. The highest BCUT2D eigenvalue weighted by molar-refractivity contribution is 5.05. The van der Waals surface area contributed by atoms with Crippen LogP contribution in [0.25, 0.3) is 0 Å². The monoisotopic (exact) mass is 196 g/mol. The number of hydrogen-bond acceptors (Lipinski definition) is 4. The third kappa shape index (κ3) is 2.13. The lowest BCUT2D eigenvalue weighted by Crippen LogP contribution is -2.01. The Morgan fingerprint density at radius 1 is 1.57 bits per heavy atom. The quantitative estimate of drug-likeness (QED) is 0.782. The fraction of sp³-hybridized carbons (Fsp3) is 0.700. The fourth-order valence-corrected chi connectivity index (χ4v) is 1.65. The van der Waals surface area contributed by atoms with Gasteiger partial charge in [0.25, 0.3) is 0 Å². The molecule has 0 bridgehead atoms. The van der Waals surface area contributed by atoms with Gasteiger partial charge in [0.05, 0.1) is 12.3 Å². The van der Waals surface area contributed by atoms with E-state index in [2.05, 4.69) is 4.98 Å². The van der Waals surface area contributed by atoms with E-state index in [1.54, 1.807) is 6.26 Å². The lowest BCUT2D eigenvalue weighted by atomic mass is 10.1. The molecule has 4 nitrogen and oxygen atoms in total. The third-order valence-electron chi connectivity index (χ3n) is 2.51. The van der Waals surface area contributed by atoms with Gasteiger partial charge < -0.3 is 14.9 Å². The molecule has 78 valence electrons. The summed E-state index contributed by atoms with van der Waals surface area (Å²) in [5, 5.41) is 0. The zero-order chi connectivity index (χ0) is 9.80. The van der Waals surface area contributed by atoms with Crippen molar-refractivity contribution in [3.05, 3.63) is 17.8 Å². The highest BCUT2D eigenvalue weighted by atomic mass is 16.5. The Bertz CT molecular complexity index is 279. The summed E-state index contributed by atoms with van der Waals surface area (Å²) in [6, 6.07) is 0. The van der Waals surface area contributed by atoms with Crippen molar-refractivity contribution in [1.82, 2.24) is 4.98 Å². The van der Waals surface area contributed by atoms with Crippen LogP contribution in [0.1, 0.15) is 30.3 Å². The highest BCUT2D eigenvalue weighted by Gasteiger charge is 2.20. The average Bonchev–Trinajstić information content (AvgIpc) is 2.85. The minimum Gasteiger partial charge on any atom is -0.449 e. The molecule has 1 aromatic rings. The van der Waals surface area contributed by atoms with Crippen molar-refractivity contribution in [2.45, 2.75) is 25.2 Å². The average molecular weight is 196 g/mol. The molecule has 14 heavy (non-hydrogen) atoms. The molecule has 0 aliphatic carbocycles. The Morgan fingerprint density at radius 3 is 3.21 bits per heavy atom. The smallest absolute Gasteiger partial charge is 0.194 e. The first-order chi connectivity index (χ1) is 6.90. The molecule has 0 radical (unpaired) electrons. The molecule has 1 fully saturated rings. The minimum absolute atomic E-state index is 0.436. The summed E-state index contributed by atoms with van der Waals surface area (Å²) in [6.45, 7) is 2.31. The van der Waals surface area contributed by atoms with Crippen LogP contribution in [-0.4, -0.2) is 24.7 Å². The predicted octanol–water partition coefficient (Wildman–Crippen LogP) is 1.07. The zero-order valence-electron chi connectivity index (χ0n) is 8.24. The number of hydrogen-bond donors (Lipinski definition) is 1. The van der Waals surface area contributed by atoms with Gasteiger partial charge in [0.15, 0.2) is 5.89 Å². The van der Waals surface area contributed by atoms with E-state index in [9.17, 15) is 0 Å². The van der Waals surface area contributed by atoms with Crippen molar-refractivity contribution in [2.24, 2.45) is 5.73 Å². The largest absolute Gasteiger partial charge is 0.449 e. The molecule has 0 aromatic carbocycles. The number of aromatic nitrogens is 1. The summed E-state index contributed by atoms with van der Waals surface area (Å²) >= 11 is 0. The lowest BCUT2D eigenvalue weighted by Gasteiger charge is -1.99. The van der Waals surface area contributed by atoms with E-state index in [-0.39, 0.29) is 0 Å². The van der Waals surface area contributed by atoms with Crippen LogP contribution in [-0.2, 0) is 11.2 Å². The molecule has 1 aliphatic heterocycles. The number of nitrogens with two attached hydrogens (primary N) is 1. The molecule has 4 heteroatoms. The van der Waals surface area contributed by atoms with Gasteiger partial charge in [-0.3, -0.25) is 0 Å². The van der Waals surface area contributed by atoms with Crippen LogP contribution in [0.5, 0.6) is 0 Å². The topological polar surface area (TPSA) is 61.3 Å². The molecular weight excluding hydrogens is 180 g/mol. The number of oxazole rings is 1. The lowest BCUT2D eigenvalue weighted by molar-refractivity contribution is 0.193. The maximum absolute atomic E-state index is 5.42.